The first-order valence-electron chi connectivity index (χ1n) is 6.95. The fourth-order valence-electron chi connectivity index (χ4n) is 2.01. The molecule has 0 fully saturated rings. The van der Waals surface area contributed by atoms with Gasteiger partial charge in [-0.05, 0) is 31.0 Å². The second-order valence-corrected chi connectivity index (χ2v) is 4.74. The Balaban J connectivity index is 1.99. The number of benzene rings is 1. The first kappa shape index (κ1) is 14.3. The molecule has 0 aliphatic carbocycles. The van der Waals surface area contributed by atoms with E-state index in [1.165, 1.54) is 5.56 Å². The minimum absolute atomic E-state index is 0.378. The quantitative estimate of drug-likeness (QED) is 0.875. The largest absolute Gasteiger partial charge is 0.486 e. The standard InChI is InChI=1S/C16H21N3O/c1-4-5-13-6-8-14(9-7-13)20-11-16-18-12(2)10-15(17-3)19-16/h6-10H,4-5,11H2,1-3H3,(H,17,18,19). The van der Waals surface area contributed by atoms with Crippen LogP contribution in [0.3, 0.4) is 0 Å². The van der Waals surface area contributed by atoms with Crippen LogP contribution in [0.5, 0.6) is 5.75 Å². The predicted octanol–water partition coefficient (Wildman–Crippen LogP) is 3.36. The molecule has 106 valence electrons. The van der Waals surface area contributed by atoms with Crippen LogP contribution in [-0.2, 0) is 13.0 Å². The van der Waals surface area contributed by atoms with Gasteiger partial charge < -0.3 is 10.1 Å². The van der Waals surface area contributed by atoms with Gasteiger partial charge in [-0.1, -0.05) is 25.5 Å². The van der Waals surface area contributed by atoms with E-state index >= 15 is 0 Å². The highest BCUT2D eigenvalue weighted by Gasteiger charge is 2.02. The van der Waals surface area contributed by atoms with Gasteiger partial charge >= 0.3 is 0 Å². The molecule has 0 bridgehead atoms. The molecular weight excluding hydrogens is 250 g/mol. The summed E-state index contributed by atoms with van der Waals surface area (Å²) >= 11 is 0. The molecule has 0 aliphatic rings. The van der Waals surface area contributed by atoms with Crippen molar-refractivity contribution in [3.8, 4) is 5.75 Å². The zero-order chi connectivity index (χ0) is 14.4. The summed E-state index contributed by atoms with van der Waals surface area (Å²) in [6.07, 6.45) is 2.26. The van der Waals surface area contributed by atoms with Crippen LogP contribution in [0.15, 0.2) is 30.3 Å². The Bertz CT molecular complexity index is 552. The molecule has 0 saturated heterocycles. The van der Waals surface area contributed by atoms with Crippen LogP contribution in [0.1, 0.15) is 30.4 Å². The number of hydrogen-bond acceptors (Lipinski definition) is 4. The first-order chi connectivity index (χ1) is 9.71. The number of aromatic nitrogens is 2. The molecule has 1 N–H and O–H groups in total. The minimum Gasteiger partial charge on any atom is -0.486 e. The van der Waals surface area contributed by atoms with Crippen molar-refractivity contribution in [1.29, 1.82) is 0 Å². The van der Waals surface area contributed by atoms with Gasteiger partial charge in [-0.3, -0.25) is 0 Å². The monoisotopic (exact) mass is 271 g/mol. The van der Waals surface area contributed by atoms with Crippen LogP contribution in [-0.4, -0.2) is 17.0 Å². The molecule has 4 nitrogen and oxygen atoms in total. The number of anilines is 1. The number of rotatable bonds is 6. The number of ether oxygens (including phenoxy) is 1. The van der Waals surface area contributed by atoms with Crippen molar-refractivity contribution in [2.24, 2.45) is 0 Å². The Kier molecular flexibility index (Phi) is 4.93. The highest BCUT2D eigenvalue weighted by atomic mass is 16.5. The smallest absolute Gasteiger partial charge is 0.168 e. The van der Waals surface area contributed by atoms with E-state index in [1.807, 2.05) is 32.2 Å². The second-order valence-electron chi connectivity index (χ2n) is 4.74. The Morgan fingerprint density at radius 2 is 1.90 bits per heavy atom. The normalized spacial score (nSPS) is 10.3. The molecule has 0 saturated carbocycles. The zero-order valence-electron chi connectivity index (χ0n) is 12.3. The Labute approximate surface area is 120 Å². The SMILES string of the molecule is CCCc1ccc(OCc2nc(C)cc(NC)n2)cc1. The van der Waals surface area contributed by atoms with Crippen molar-refractivity contribution >= 4 is 5.82 Å². The van der Waals surface area contributed by atoms with Crippen molar-refractivity contribution in [3.05, 3.63) is 47.4 Å². The summed E-state index contributed by atoms with van der Waals surface area (Å²) in [5.74, 6) is 2.35. The van der Waals surface area contributed by atoms with Crippen LogP contribution < -0.4 is 10.1 Å². The van der Waals surface area contributed by atoms with Crippen LogP contribution in [0.2, 0.25) is 0 Å². The maximum atomic E-state index is 5.73. The molecular formula is C16H21N3O. The molecule has 0 spiro atoms. The van der Waals surface area contributed by atoms with E-state index in [-0.39, 0.29) is 0 Å². The maximum absolute atomic E-state index is 5.73. The fraction of sp³-hybridized carbons (Fsp3) is 0.375. The van der Waals surface area contributed by atoms with Gasteiger partial charge in [0.1, 0.15) is 18.2 Å². The molecule has 1 aromatic heterocycles. The lowest BCUT2D eigenvalue weighted by Crippen LogP contribution is -2.05. The van der Waals surface area contributed by atoms with Crippen molar-refractivity contribution in [3.63, 3.8) is 0 Å². The number of nitrogens with one attached hydrogen (secondary N) is 1. The zero-order valence-corrected chi connectivity index (χ0v) is 12.3. The molecule has 2 rings (SSSR count). The van der Waals surface area contributed by atoms with Crippen molar-refractivity contribution in [1.82, 2.24) is 9.97 Å². The third-order valence-electron chi connectivity index (χ3n) is 2.99. The third kappa shape index (κ3) is 3.95. The molecule has 1 heterocycles. The maximum Gasteiger partial charge on any atom is 0.168 e. The first-order valence-corrected chi connectivity index (χ1v) is 6.95. The van der Waals surface area contributed by atoms with Gasteiger partial charge in [-0.15, -0.1) is 0 Å². The summed E-state index contributed by atoms with van der Waals surface area (Å²) in [7, 11) is 1.85. The van der Waals surface area contributed by atoms with Gasteiger partial charge in [0, 0.05) is 18.8 Å². The van der Waals surface area contributed by atoms with Gasteiger partial charge in [-0.2, -0.15) is 0 Å². The number of nitrogens with zero attached hydrogens (tertiary/aromatic N) is 2. The van der Waals surface area contributed by atoms with Crippen LogP contribution in [0.25, 0.3) is 0 Å². The molecule has 2 aromatic rings. The average Bonchev–Trinajstić information content (AvgIpc) is 2.46. The summed E-state index contributed by atoms with van der Waals surface area (Å²) in [6.45, 7) is 4.51. The molecule has 0 amide bonds. The lowest BCUT2D eigenvalue weighted by atomic mass is 10.1. The number of aryl methyl sites for hydroxylation is 2. The third-order valence-corrected chi connectivity index (χ3v) is 2.99. The van der Waals surface area contributed by atoms with Crippen molar-refractivity contribution in [2.75, 3.05) is 12.4 Å². The lowest BCUT2D eigenvalue weighted by molar-refractivity contribution is 0.295. The molecule has 20 heavy (non-hydrogen) atoms. The second kappa shape index (κ2) is 6.89. The molecule has 4 heteroatoms. The van der Waals surface area contributed by atoms with Gasteiger partial charge in [-0.25, -0.2) is 9.97 Å². The number of hydrogen-bond donors (Lipinski definition) is 1. The molecule has 0 radical (unpaired) electrons. The summed E-state index contributed by atoms with van der Waals surface area (Å²) < 4.78 is 5.73. The Hall–Kier alpha value is -2.10. The minimum atomic E-state index is 0.378. The molecule has 0 unspecified atom stereocenters. The van der Waals surface area contributed by atoms with Crippen molar-refractivity contribution in [2.45, 2.75) is 33.3 Å². The van der Waals surface area contributed by atoms with E-state index in [4.69, 9.17) is 4.74 Å². The van der Waals surface area contributed by atoms with E-state index in [2.05, 4.69) is 34.3 Å². The topological polar surface area (TPSA) is 47.0 Å². The Morgan fingerprint density at radius 3 is 2.55 bits per heavy atom. The molecule has 1 aromatic carbocycles. The van der Waals surface area contributed by atoms with Gasteiger partial charge in [0.2, 0.25) is 0 Å². The van der Waals surface area contributed by atoms with Crippen LogP contribution >= 0.6 is 0 Å². The van der Waals surface area contributed by atoms with E-state index in [0.717, 1.165) is 30.1 Å². The van der Waals surface area contributed by atoms with E-state index in [0.29, 0.717) is 12.4 Å². The van der Waals surface area contributed by atoms with Crippen LogP contribution in [0, 0.1) is 6.92 Å². The summed E-state index contributed by atoms with van der Waals surface area (Å²) in [4.78, 5) is 8.73. The highest BCUT2D eigenvalue weighted by Crippen LogP contribution is 2.15. The fourth-order valence-corrected chi connectivity index (χ4v) is 2.01. The predicted molar refractivity (Wildman–Crippen MR) is 81.1 cm³/mol. The van der Waals surface area contributed by atoms with E-state index < -0.39 is 0 Å². The average molecular weight is 271 g/mol. The lowest BCUT2D eigenvalue weighted by Gasteiger charge is -2.08. The summed E-state index contributed by atoms with van der Waals surface area (Å²) in [6, 6.07) is 10.1. The molecule has 0 atom stereocenters. The molecule has 0 aliphatic heterocycles. The van der Waals surface area contributed by atoms with Crippen LogP contribution in [0.4, 0.5) is 5.82 Å². The van der Waals surface area contributed by atoms with Crippen molar-refractivity contribution < 1.29 is 4.74 Å². The van der Waals surface area contributed by atoms with E-state index in [1.54, 1.807) is 0 Å². The Morgan fingerprint density at radius 1 is 1.15 bits per heavy atom. The van der Waals surface area contributed by atoms with E-state index in [9.17, 15) is 0 Å². The summed E-state index contributed by atoms with van der Waals surface area (Å²) in [5.41, 5.74) is 2.27. The highest BCUT2D eigenvalue weighted by molar-refractivity contribution is 5.34. The summed E-state index contributed by atoms with van der Waals surface area (Å²) in [5, 5.41) is 3.02. The van der Waals surface area contributed by atoms with Gasteiger partial charge in [0.05, 0.1) is 0 Å². The van der Waals surface area contributed by atoms with Gasteiger partial charge in [0.25, 0.3) is 0 Å². The van der Waals surface area contributed by atoms with Gasteiger partial charge in [0.15, 0.2) is 5.82 Å².